The van der Waals surface area contributed by atoms with Gasteiger partial charge < -0.3 is 4.57 Å². The smallest absolute Gasteiger partial charge is 0.0541 e. The zero-order chi connectivity index (χ0) is 20.6. The summed E-state index contributed by atoms with van der Waals surface area (Å²) < 4.78 is 2.37. The van der Waals surface area contributed by atoms with Crippen LogP contribution in [0.25, 0.3) is 49.7 Å². The molecule has 0 aliphatic rings. The first-order valence-electron chi connectivity index (χ1n) is 10.6. The third-order valence-corrected chi connectivity index (χ3v) is 6.01. The molecule has 146 valence electrons. The molecule has 1 aromatic heterocycles. The summed E-state index contributed by atoms with van der Waals surface area (Å²) in [5.41, 5.74) is 8.58. The molecule has 0 radical (unpaired) electrons. The first-order valence-corrected chi connectivity index (χ1v) is 10.6. The van der Waals surface area contributed by atoms with Gasteiger partial charge in [0.2, 0.25) is 0 Å². The number of hydrogen-bond acceptors (Lipinski definition) is 0. The van der Waals surface area contributed by atoms with Crippen molar-refractivity contribution in [2.45, 2.75) is 0 Å². The van der Waals surface area contributed by atoms with Crippen molar-refractivity contribution >= 4 is 21.8 Å². The molecule has 0 bridgehead atoms. The number of aromatic nitrogens is 1. The number of hydrogen-bond donors (Lipinski definition) is 0. The van der Waals surface area contributed by atoms with Gasteiger partial charge in [-0.05, 0) is 46.5 Å². The van der Waals surface area contributed by atoms with Crippen molar-refractivity contribution in [3.8, 4) is 27.9 Å². The lowest BCUT2D eigenvalue weighted by atomic mass is 10.00. The van der Waals surface area contributed by atoms with Crippen LogP contribution < -0.4 is 0 Å². The van der Waals surface area contributed by atoms with Gasteiger partial charge in [0.25, 0.3) is 0 Å². The molecule has 31 heavy (non-hydrogen) atoms. The van der Waals surface area contributed by atoms with E-state index in [1.807, 2.05) is 0 Å². The molecule has 0 spiro atoms. The number of nitrogens with zero attached hydrogens (tertiary/aromatic N) is 1. The molecule has 1 heteroatoms. The largest absolute Gasteiger partial charge is 0.309 e. The Labute approximate surface area is 181 Å². The van der Waals surface area contributed by atoms with Crippen LogP contribution in [0.5, 0.6) is 0 Å². The monoisotopic (exact) mass is 395 g/mol. The third kappa shape index (κ3) is 3.03. The Morgan fingerprint density at radius 2 is 0.839 bits per heavy atom. The van der Waals surface area contributed by atoms with E-state index in [1.54, 1.807) is 0 Å². The Hall–Kier alpha value is -4.10. The van der Waals surface area contributed by atoms with E-state index < -0.39 is 0 Å². The summed E-state index contributed by atoms with van der Waals surface area (Å²) in [6.07, 6.45) is 0. The summed E-state index contributed by atoms with van der Waals surface area (Å²) in [6, 6.07) is 45.5. The molecule has 0 saturated heterocycles. The van der Waals surface area contributed by atoms with Gasteiger partial charge in [-0.25, -0.2) is 0 Å². The number of benzene rings is 5. The van der Waals surface area contributed by atoms with Crippen molar-refractivity contribution in [2.24, 2.45) is 0 Å². The minimum Gasteiger partial charge on any atom is -0.309 e. The first-order chi connectivity index (χ1) is 15.4. The van der Waals surface area contributed by atoms with Gasteiger partial charge in [-0.1, -0.05) is 103 Å². The van der Waals surface area contributed by atoms with Crippen molar-refractivity contribution in [2.75, 3.05) is 0 Å². The lowest BCUT2D eigenvalue weighted by Crippen LogP contribution is -1.94. The number of fused-ring (bicyclic) bond motifs is 3. The van der Waals surface area contributed by atoms with Crippen LogP contribution in [0.2, 0.25) is 0 Å². The highest BCUT2D eigenvalue weighted by atomic mass is 15.0. The summed E-state index contributed by atoms with van der Waals surface area (Å²) in [6.45, 7) is 0. The fourth-order valence-electron chi connectivity index (χ4n) is 4.51. The normalized spacial score (nSPS) is 11.2. The van der Waals surface area contributed by atoms with Crippen molar-refractivity contribution in [1.29, 1.82) is 0 Å². The van der Waals surface area contributed by atoms with Crippen molar-refractivity contribution in [3.63, 3.8) is 0 Å². The molecular formula is C30H21N. The van der Waals surface area contributed by atoms with E-state index in [0.717, 1.165) is 0 Å². The SMILES string of the molecule is c1ccc(-c2ccc(-c3cccc(-n4c5ccccc5c5ccccc54)c3)cc2)cc1. The quantitative estimate of drug-likeness (QED) is 0.285. The molecule has 0 amide bonds. The van der Waals surface area contributed by atoms with Gasteiger partial charge >= 0.3 is 0 Å². The maximum Gasteiger partial charge on any atom is 0.0541 e. The first kappa shape index (κ1) is 17.7. The van der Waals surface area contributed by atoms with E-state index in [1.165, 1.54) is 49.7 Å². The van der Waals surface area contributed by atoms with E-state index in [-0.39, 0.29) is 0 Å². The Morgan fingerprint density at radius 1 is 0.355 bits per heavy atom. The molecule has 1 nitrogen and oxygen atoms in total. The maximum atomic E-state index is 2.37. The fraction of sp³-hybridized carbons (Fsp3) is 0. The van der Waals surface area contributed by atoms with Gasteiger partial charge in [-0.3, -0.25) is 0 Å². The van der Waals surface area contributed by atoms with Crippen LogP contribution in [0.1, 0.15) is 0 Å². The lowest BCUT2D eigenvalue weighted by Gasteiger charge is -2.11. The second kappa shape index (κ2) is 7.30. The van der Waals surface area contributed by atoms with Crippen LogP contribution >= 0.6 is 0 Å². The zero-order valence-electron chi connectivity index (χ0n) is 17.1. The second-order valence-electron chi connectivity index (χ2n) is 7.86. The molecule has 0 atom stereocenters. The summed E-state index contributed by atoms with van der Waals surface area (Å²) in [7, 11) is 0. The van der Waals surface area contributed by atoms with Crippen LogP contribution in [0.3, 0.4) is 0 Å². The van der Waals surface area contributed by atoms with Gasteiger partial charge in [0, 0.05) is 16.5 Å². The van der Waals surface area contributed by atoms with Gasteiger partial charge in [0.15, 0.2) is 0 Å². The second-order valence-corrected chi connectivity index (χ2v) is 7.86. The Kier molecular flexibility index (Phi) is 4.18. The molecule has 0 aliphatic carbocycles. The fourth-order valence-corrected chi connectivity index (χ4v) is 4.51. The van der Waals surface area contributed by atoms with Gasteiger partial charge in [-0.2, -0.15) is 0 Å². The zero-order valence-corrected chi connectivity index (χ0v) is 17.1. The summed E-state index contributed by atoms with van der Waals surface area (Å²) >= 11 is 0. The lowest BCUT2D eigenvalue weighted by molar-refractivity contribution is 1.18. The van der Waals surface area contributed by atoms with E-state index >= 15 is 0 Å². The predicted molar refractivity (Wildman–Crippen MR) is 132 cm³/mol. The molecule has 0 fully saturated rings. The van der Waals surface area contributed by atoms with Crippen molar-refractivity contribution < 1.29 is 0 Å². The molecule has 0 aliphatic heterocycles. The molecule has 0 saturated carbocycles. The topological polar surface area (TPSA) is 4.93 Å². The third-order valence-electron chi connectivity index (χ3n) is 6.01. The molecular weight excluding hydrogens is 374 g/mol. The van der Waals surface area contributed by atoms with Crippen LogP contribution in [0.15, 0.2) is 127 Å². The molecule has 1 heterocycles. The highest BCUT2D eigenvalue weighted by Crippen LogP contribution is 2.33. The summed E-state index contributed by atoms with van der Waals surface area (Å²) in [4.78, 5) is 0. The summed E-state index contributed by atoms with van der Waals surface area (Å²) in [5.74, 6) is 0. The van der Waals surface area contributed by atoms with Crippen molar-refractivity contribution in [1.82, 2.24) is 4.57 Å². The average Bonchev–Trinajstić information content (AvgIpc) is 3.19. The number of para-hydroxylation sites is 2. The van der Waals surface area contributed by atoms with Crippen LogP contribution in [0, 0.1) is 0 Å². The molecule has 6 aromatic rings. The summed E-state index contributed by atoms with van der Waals surface area (Å²) in [5, 5.41) is 2.58. The van der Waals surface area contributed by atoms with E-state index in [0.29, 0.717) is 0 Å². The van der Waals surface area contributed by atoms with Crippen molar-refractivity contribution in [3.05, 3.63) is 127 Å². The highest BCUT2D eigenvalue weighted by molar-refractivity contribution is 6.09. The Balaban J connectivity index is 1.47. The van der Waals surface area contributed by atoms with Gasteiger partial charge in [-0.15, -0.1) is 0 Å². The molecule has 0 N–H and O–H groups in total. The molecule has 6 rings (SSSR count). The average molecular weight is 396 g/mol. The minimum atomic E-state index is 1.18. The van der Waals surface area contributed by atoms with Crippen LogP contribution in [0.4, 0.5) is 0 Å². The van der Waals surface area contributed by atoms with Crippen LogP contribution in [-0.4, -0.2) is 4.57 Å². The van der Waals surface area contributed by atoms with Crippen LogP contribution in [-0.2, 0) is 0 Å². The number of rotatable bonds is 3. The maximum absolute atomic E-state index is 2.37. The van der Waals surface area contributed by atoms with E-state index in [9.17, 15) is 0 Å². The predicted octanol–water partition coefficient (Wildman–Crippen LogP) is 8.12. The van der Waals surface area contributed by atoms with E-state index in [4.69, 9.17) is 0 Å². The Morgan fingerprint density at radius 3 is 1.48 bits per heavy atom. The van der Waals surface area contributed by atoms with Gasteiger partial charge in [0.05, 0.1) is 11.0 Å². The molecule has 5 aromatic carbocycles. The Bertz CT molecular complexity index is 1450. The van der Waals surface area contributed by atoms with E-state index in [2.05, 4.69) is 132 Å². The highest BCUT2D eigenvalue weighted by Gasteiger charge is 2.11. The van der Waals surface area contributed by atoms with Gasteiger partial charge in [0.1, 0.15) is 0 Å². The molecule has 0 unspecified atom stereocenters. The standard InChI is InChI=1S/C30H21N/c1-2-9-22(10-3-1)23-17-19-24(20-18-23)25-11-8-12-26(21-25)31-29-15-6-4-13-27(29)28-14-5-7-16-30(28)31/h1-21H. The minimum absolute atomic E-state index is 1.18.